The zero-order valence-corrected chi connectivity index (χ0v) is 12.5. The van der Waals surface area contributed by atoms with E-state index in [0.717, 1.165) is 37.2 Å². The van der Waals surface area contributed by atoms with Crippen molar-refractivity contribution in [2.24, 2.45) is 0 Å². The molecule has 2 aromatic rings. The minimum Gasteiger partial charge on any atom is -0.325 e. The summed E-state index contributed by atoms with van der Waals surface area (Å²) in [6.07, 6.45) is 6.81. The van der Waals surface area contributed by atoms with Crippen molar-refractivity contribution in [1.29, 1.82) is 0 Å². The molecule has 21 heavy (non-hydrogen) atoms. The molecule has 2 heterocycles. The van der Waals surface area contributed by atoms with E-state index in [1.54, 1.807) is 10.9 Å². The molecule has 0 bridgehead atoms. The Bertz CT molecular complexity index is 562. The molecule has 112 valence electrons. The Hall–Kier alpha value is -1.85. The summed E-state index contributed by atoms with van der Waals surface area (Å²) in [6, 6.07) is 9.50. The highest BCUT2D eigenvalue weighted by Crippen LogP contribution is 2.14. The van der Waals surface area contributed by atoms with Crippen molar-refractivity contribution < 1.29 is 4.79 Å². The van der Waals surface area contributed by atoms with Crippen LogP contribution >= 0.6 is 12.4 Å². The lowest BCUT2D eigenvalue weighted by atomic mass is 10.0. The smallest absolute Gasteiger partial charge is 0.241 e. The summed E-state index contributed by atoms with van der Waals surface area (Å²) in [5.74, 6) is 0.0524. The summed E-state index contributed by atoms with van der Waals surface area (Å²) in [5.41, 5.74) is 1.79. The second-order valence-corrected chi connectivity index (χ2v) is 4.99. The van der Waals surface area contributed by atoms with Gasteiger partial charge in [0.1, 0.15) is 0 Å². The maximum atomic E-state index is 12.1. The Balaban J connectivity index is 0.00000161. The van der Waals surface area contributed by atoms with Gasteiger partial charge in [0.25, 0.3) is 0 Å². The van der Waals surface area contributed by atoms with Crippen molar-refractivity contribution in [2.75, 3.05) is 11.9 Å². The molecule has 6 heteroatoms. The predicted molar refractivity (Wildman–Crippen MR) is 85.1 cm³/mol. The lowest BCUT2D eigenvalue weighted by molar-refractivity contribution is -0.118. The van der Waals surface area contributed by atoms with Gasteiger partial charge in [-0.3, -0.25) is 4.79 Å². The van der Waals surface area contributed by atoms with Crippen LogP contribution in [0.2, 0.25) is 0 Å². The summed E-state index contributed by atoms with van der Waals surface area (Å²) in [4.78, 5) is 12.1. The van der Waals surface area contributed by atoms with Gasteiger partial charge in [-0.05, 0) is 49.7 Å². The SMILES string of the molecule is Cl.O=C(Nc1ccc(-n2cccn2)cc1)C1CCCCN1. The molecule has 5 nitrogen and oxygen atoms in total. The Labute approximate surface area is 130 Å². The number of nitrogens with zero attached hydrogens (tertiary/aromatic N) is 2. The standard InChI is InChI=1S/C15H18N4O.ClH/c20-15(14-4-1-2-9-16-14)18-12-5-7-13(8-6-12)19-11-3-10-17-19;/h3,5-8,10-11,14,16H,1-2,4,9H2,(H,18,20);1H. The Morgan fingerprint density at radius 1 is 1.29 bits per heavy atom. The molecular weight excluding hydrogens is 288 g/mol. The Morgan fingerprint density at radius 2 is 2.10 bits per heavy atom. The fraction of sp³-hybridized carbons (Fsp3) is 0.333. The third kappa shape index (κ3) is 3.83. The first-order chi connectivity index (χ1) is 9.83. The van der Waals surface area contributed by atoms with E-state index in [4.69, 9.17) is 0 Å². The first-order valence-corrected chi connectivity index (χ1v) is 6.97. The van der Waals surface area contributed by atoms with Gasteiger partial charge < -0.3 is 10.6 Å². The number of rotatable bonds is 3. The van der Waals surface area contributed by atoms with Gasteiger partial charge in [-0.15, -0.1) is 12.4 Å². The average Bonchev–Trinajstić information content (AvgIpc) is 3.03. The number of halogens is 1. The van der Waals surface area contributed by atoms with Gasteiger partial charge in [0, 0.05) is 18.1 Å². The Kier molecular flexibility index (Phi) is 5.36. The van der Waals surface area contributed by atoms with Crippen LogP contribution in [0.4, 0.5) is 5.69 Å². The largest absolute Gasteiger partial charge is 0.325 e. The van der Waals surface area contributed by atoms with Crippen LogP contribution in [0.1, 0.15) is 19.3 Å². The maximum absolute atomic E-state index is 12.1. The van der Waals surface area contributed by atoms with Gasteiger partial charge in [0.05, 0.1) is 11.7 Å². The minimum absolute atomic E-state index is 0. The van der Waals surface area contributed by atoms with E-state index in [0.29, 0.717) is 0 Å². The summed E-state index contributed by atoms with van der Waals surface area (Å²) in [6.45, 7) is 0.927. The lowest BCUT2D eigenvalue weighted by Crippen LogP contribution is -2.43. The van der Waals surface area contributed by atoms with Crippen LogP contribution in [0, 0.1) is 0 Å². The third-order valence-electron chi connectivity index (χ3n) is 3.53. The fourth-order valence-electron chi connectivity index (χ4n) is 2.42. The van der Waals surface area contributed by atoms with Gasteiger partial charge in [-0.2, -0.15) is 5.10 Å². The maximum Gasteiger partial charge on any atom is 0.241 e. The molecule has 1 aliphatic rings. The lowest BCUT2D eigenvalue weighted by Gasteiger charge is -2.22. The van der Waals surface area contributed by atoms with Crippen LogP contribution in [0.5, 0.6) is 0 Å². The van der Waals surface area contributed by atoms with Crippen molar-refractivity contribution in [1.82, 2.24) is 15.1 Å². The number of piperidine rings is 1. The molecule has 0 saturated carbocycles. The van der Waals surface area contributed by atoms with Crippen LogP contribution in [0.15, 0.2) is 42.7 Å². The van der Waals surface area contributed by atoms with E-state index in [1.165, 1.54) is 0 Å². The molecule has 2 N–H and O–H groups in total. The number of hydrogen-bond donors (Lipinski definition) is 2. The minimum atomic E-state index is -0.0606. The van der Waals surface area contributed by atoms with Gasteiger partial charge in [0.15, 0.2) is 0 Å². The molecule has 0 radical (unpaired) electrons. The normalized spacial score (nSPS) is 17.8. The van der Waals surface area contributed by atoms with Crippen LogP contribution in [-0.4, -0.2) is 28.3 Å². The second-order valence-electron chi connectivity index (χ2n) is 4.99. The van der Waals surface area contributed by atoms with Crippen molar-refractivity contribution in [3.05, 3.63) is 42.7 Å². The quantitative estimate of drug-likeness (QED) is 0.915. The number of hydrogen-bond acceptors (Lipinski definition) is 3. The molecule has 1 aromatic heterocycles. The number of amides is 1. The van der Waals surface area contributed by atoms with E-state index in [1.807, 2.05) is 36.5 Å². The van der Waals surface area contributed by atoms with E-state index < -0.39 is 0 Å². The summed E-state index contributed by atoms with van der Waals surface area (Å²) < 4.78 is 1.79. The molecule has 1 aromatic carbocycles. The first-order valence-electron chi connectivity index (χ1n) is 6.97. The van der Waals surface area contributed by atoms with E-state index in [2.05, 4.69) is 15.7 Å². The van der Waals surface area contributed by atoms with Gasteiger partial charge in [-0.1, -0.05) is 6.42 Å². The third-order valence-corrected chi connectivity index (χ3v) is 3.53. The van der Waals surface area contributed by atoms with E-state index in [-0.39, 0.29) is 24.4 Å². The van der Waals surface area contributed by atoms with Crippen LogP contribution in [0.3, 0.4) is 0 Å². The molecule has 1 aliphatic heterocycles. The number of benzene rings is 1. The Morgan fingerprint density at radius 3 is 2.71 bits per heavy atom. The van der Waals surface area contributed by atoms with Gasteiger partial charge >= 0.3 is 0 Å². The molecule has 0 spiro atoms. The molecule has 0 aliphatic carbocycles. The monoisotopic (exact) mass is 306 g/mol. The van der Waals surface area contributed by atoms with Crippen molar-refractivity contribution in [3.63, 3.8) is 0 Å². The van der Waals surface area contributed by atoms with Gasteiger partial charge in [-0.25, -0.2) is 4.68 Å². The van der Waals surface area contributed by atoms with Gasteiger partial charge in [0.2, 0.25) is 5.91 Å². The van der Waals surface area contributed by atoms with Crippen molar-refractivity contribution >= 4 is 24.0 Å². The highest BCUT2D eigenvalue weighted by molar-refractivity contribution is 5.94. The average molecular weight is 307 g/mol. The fourth-order valence-corrected chi connectivity index (χ4v) is 2.42. The molecule has 1 amide bonds. The van der Waals surface area contributed by atoms with Crippen LogP contribution in [0.25, 0.3) is 5.69 Å². The van der Waals surface area contributed by atoms with E-state index >= 15 is 0 Å². The molecule has 3 rings (SSSR count). The summed E-state index contributed by atoms with van der Waals surface area (Å²) >= 11 is 0. The summed E-state index contributed by atoms with van der Waals surface area (Å²) in [5, 5.41) is 10.4. The highest BCUT2D eigenvalue weighted by atomic mass is 35.5. The molecule has 1 unspecified atom stereocenters. The second kappa shape index (κ2) is 7.24. The number of aromatic nitrogens is 2. The summed E-state index contributed by atoms with van der Waals surface area (Å²) in [7, 11) is 0. The molecule has 1 fully saturated rings. The molecular formula is C15H19ClN4O. The van der Waals surface area contributed by atoms with Crippen molar-refractivity contribution in [3.8, 4) is 5.69 Å². The van der Waals surface area contributed by atoms with Crippen LogP contribution < -0.4 is 10.6 Å². The topological polar surface area (TPSA) is 59.0 Å². The predicted octanol–water partition coefficient (Wildman–Crippen LogP) is 2.37. The molecule has 1 atom stereocenters. The zero-order valence-electron chi connectivity index (χ0n) is 11.7. The number of anilines is 1. The molecule has 1 saturated heterocycles. The first kappa shape index (κ1) is 15.5. The number of carbonyl (C=O) groups is 1. The number of nitrogens with one attached hydrogen (secondary N) is 2. The van der Waals surface area contributed by atoms with E-state index in [9.17, 15) is 4.79 Å². The highest BCUT2D eigenvalue weighted by Gasteiger charge is 2.20. The van der Waals surface area contributed by atoms with Crippen molar-refractivity contribution in [2.45, 2.75) is 25.3 Å². The zero-order chi connectivity index (χ0) is 13.8. The van der Waals surface area contributed by atoms with Crippen LogP contribution in [-0.2, 0) is 4.79 Å². The number of carbonyl (C=O) groups excluding carboxylic acids is 1.